The Kier molecular flexibility index (Phi) is 6.96. The number of benzene rings is 1. The molecule has 138 valence electrons. The van der Waals surface area contributed by atoms with Crippen molar-refractivity contribution >= 4 is 23.5 Å². The molecule has 0 heterocycles. The summed E-state index contributed by atoms with van der Waals surface area (Å²) in [6.45, 7) is 4.17. The molecule has 25 heavy (non-hydrogen) atoms. The molecule has 0 aromatic heterocycles. The molecular weight excluding hydrogens is 341 g/mol. The number of amides is 2. The van der Waals surface area contributed by atoms with Gasteiger partial charge in [-0.3, -0.25) is 14.4 Å². The Morgan fingerprint density at radius 3 is 2.40 bits per heavy atom. The van der Waals surface area contributed by atoms with Crippen molar-refractivity contribution in [2.45, 2.75) is 39.4 Å². The third kappa shape index (κ3) is 6.09. The Balaban J connectivity index is 3.01. The standard InChI is InChI=1S/C16H19F3N2O4/c1-4-25-14(23)8-13(16(17,18)19)21-15(24)11-6-5-7-12(9(11)2)20-10(3)22/h5-7,13H,4,8H2,1-3H3,(H,20,22)(H,21,24). The molecule has 1 rings (SSSR count). The third-order valence-electron chi connectivity index (χ3n) is 3.27. The SMILES string of the molecule is CCOC(=O)CC(NC(=O)c1cccc(NC(C)=O)c1C)C(F)(F)F. The summed E-state index contributed by atoms with van der Waals surface area (Å²) >= 11 is 0. The fourth-order valence-electron chi connectivity index (χ4n) is 2.08. The molecular formula is C16H19F3N2O4. The number of nitrogens with one attached hydrogen (secondary N) is 2. The number of carbonyl (C=O) groups excluding carboxylic acids is 3. The van der Waals surface area contributed by atoms with Gasteiger partial charge in [-0.1, -0.05) is 6.07 Å². The van der Waals surface area contributed by atoms with Gasteiger partial charge in [-0.15, -0.1) is 0 Å². The van der Waals surface area contributed by atoms with Crippen molar-refractivity contribution in [3.63, 3.8) is 0 Å². The number of alkyl halides is 3. The first kappa shape index (κ1) is 20.5. The second-order valence-electron chi connectivity index (χ2n) is 5.24. The molecule has 0 saturated carbocycles. The summed E-state index contributed by atoms with van der Waals surface area (Å²) in [7, 11) is 0. The van der Waals surface area contributed by atoms with Crippen LogP contribution in [0.15, 0.2) is 18.2 Å². The lowest BCUT2D eigenvalue weighted by Crippen LogP contribution is -2.47. The van der Waals surface area contributed by atoms with Crippen LogP contribution in [-0.2, 0) is 14.3 Å². The van der Waals surface area contributed by atoms with E-state index in [-0.39, 0.29) is 18.1 Å². The molecule has 9 heteroatoms. The molecule has 1 aromatic rings. The first-order valence-corrected chi connectivity index (χ1v) is 7.46. The second-order valence-corrected chi connectivity index (χ2v) is 5.24. The highest BCUT2D eigenvalue weighted by Gasteiger charge is 2.42. The molecule has 2 N–H and O–H groups in total. The molecule has 0 saturated heterocycles. The molecule has 0 radical (unpaired) electrons. The van der Waals surface area contributed by atoms with Crippen molar-refractivity contribution in [3.05, 3.63) is 29.3 Å². The number of ether oxygens (including phenoxy) is 1. The van der Waals surface area contributed by atoms with Gasteiger partial charge in [-0.25, -0.2) is 0 Å². The molecule has 0 aliphatic rings. The third-order valence-corrected chi connectivity index (χ3v) is 3.27. The predicted molar refractivity (Wildman–Crippen MR) is 84.0 cm³/mol. The van der Waals surface area contributed by atoms with Gasteiger partial charge in [0.15, 0.2) is 0 Å². The maximum atomic E-state index is 13.1. The van der Waals surface area contributed by atoms with Crippen molar-refractivity contribution in [3.8, 4) is 0 Å². The molecule has 1 atom stereocenters. The van der Waals surface area contributed by atoms with Crippen LogP contribution in [0.25, 0.3) is 0 Å². The van der Waals surface area contributed by atoms with E-state index in [1.807, 2.05) is 0 Å². The summed E-state index contributed by atoms with van der Waals surface area (Å²) in [5, 5.41) is 4.29. The number of halogens is 3. The molecule has 0 spiro atoms. The van der Waals surface area contributed by atoms with Gasteiger partial charge >= 0.3 is 12.1 Å². The van der Waals surface area contributed by atoms with Gasteiger partial charge in [0.2, 0.25) is 5.91 Å². The lowest BCUT2D eigenvalue weighted by molar-refractivity contribution is -0.167. The van der Waals surface area contributed by atoms with E-state index in [1.54, 1.807) is 5.32 Å². The van der Waals surface area contributed by atoms with Crippen LogP contribution in [0.4, 0.5) is 18.9 Å². The molecule has 0 aliphatic carbocycles. The van der Waals surface area contributed by atoms with E-state index in [1.165, 1.54) is 39.0 Å². The highest BCUT2D eigenvalue weighted by Crippen LogP contribution is 2.24. The zero-order valence-electron chi connectivity index (χ0n) is 14.0. The van der Waals surface area contributed by atoms with Crippen LogP contribution < -0.4 is 10.6 Å². The number of hydrogen-bond donors (Lipinski definition) is 2. The predicted octanol–water partition coefficient (Wildman–Crippen LogP) is 2.57. The summed E-state index contributed by atoms with van der Waals surface area (Å²) in [6, 6.07) is 1.91. The summed E-state index contributed by atoms with van der Waals surface area (Å²) in [5.41, 5.74) is 0.589. The van der Waals surface area contributed by atoms with Crippen LogP contribution >= 0.6 is 0 Å². The Morgan fingerprint density at radius 1 is 1.24 bits per heavy atom. The minimum absolute atomic E-state index is 0.0376. The minimum atomic E-state index is -4.81. The van der Waals surface area contributed by atoms with Crippen LogP contribution in [0.3, 0.4) is 0 Å². The van der Waals surface area contributed by atoms with E-state index in [0.717, 1.165) is 0 Å². The zero-order chi connectivity index (χ0) is 19.2. The van der Waals surface area contributed by atoms with Crippen LogP contribution in [0.1, 0.15) is 36.2 Å². The number of carbonyl (C=O) groups is 3. The van der Waals surface area contributed by atoms with Crippen LogP contribution in [0, 0.1) is 6.92 Å². The molecule has 6 nitrogen and oxygen atoms in total. The molecule has 0 fully saturated rings. The van der Waals surface area contributed by atoms with Crippen molar-refractivity contribution < 1.29 is 32.3 Å². The Hall–Kier alpha value is -2.58. The molecule has 0 aliphatic heterocycles. The van der Waals surface area contributed by atoms with Crippen LogP contribution in [0.5, 0.6) is 0 Å². The second kappa shape index (κ2) is 8.50. The van der Waals surface area contributed by atoms with Crippen molar-refractivity contribution in [2.75, 3.05) is 11.9 Å². The number of hydrogen-bond acceptors (Lipinski definition) is 4. The fourth-order valence-corrected chi connectivity index (χ4v) is 2.08. The van der Waals surface area contributed by atoms with E-state index in [2.05, 4.69) is 10.1 Å². The number of anilines is 1. The van der Waals surface area contributed by atoms with Crippen LogP contribution in [0.2, 0.25) is 0 Å². The average molecular weight is 360 g/mol. The highest BCUT2D eigenvalue weighted by atomic mass is 19.4. The van der Waals surface area contributed by atoms with Gasteiger partial charge in [0.05, 0.1) is 13.0 Å². The maximum Gasteiger partial charge on any atom is 0.409 e. The van der Waals surface area contributed by atoms with Gasteiger partial charge in [0.1, 0.15) is 6.04 Å². The van der Waals surface area contributed by atoms with Crippen molar-refractivity contribution in [1.82, 2.24) is 5.32 Å². The first-order valence-electron chi connectivity index (χ1n) is 7.46. The van der Waals surface area contributed by atoms with Gasteiger partial charge < -0.3 is 15.4 Å². The van der Waals surface area contributed by atoms with E-state index in [9.17, 15) is 27.6 Å². The molecule has 2 amide bonds. The Labute approximate surface area is 142 Å². The lowest BCUT2D eigenvalue weighted by Gasteiger charge is -2.21. The Morgan fingerprint density at radius 2 is 1.88 bits per heavy atom. The number of rotatable bonds is 6. The average Bonchev–Trinajstić information content (AvgIpc) is 2.47. The molecule has 0 bridgehead atoms. The van der Waals surface area contributed by atoms with E-state index in [4.69, 9.17) is 0 Å². The topological polar surface area (TPSA) is 84.5 Å². The van der Waals surface area contributed by atoms with Gasteiger partial charge in [-0.05, 0) is 31.5 Å². The minimum Gasteiger partial charge on any atom is -0.466 e. The van der Waals surface area contributed by atoms with Gasteiger partial charge in [0, 0.05) is 18.2 Å². The van der Waals surface area contributed by atoms with Gasteiger partial charge in [-0.2, -0.15) is 13.2 Å². The monoisotopic (exact) mass is 360 g/mol. The smallest absolute Gasteiger partial charge is 0.409 e. The summed E-state index contributed by atoms with van der Waals surface area (Å²) in [4.78, 5) is 34.7. The zero-order valence-corrected chi connectivity index (χ0v) is 14.0. The largest absolute Gasteiger partial charge is 0.466 e. The summed E-state index contributed by atoms with van der Waals surface area (Å²) in [6.07, 6.45) is -5.83. The fraction of sp³-hybridized carbons (Fsp3) is 0.438. The van der Waals surface area contributed by atoms with E-state index < -0.39 is 30.5 Å². The molecule has 1 aromatic carbocycles. The normalized spacial score (nSPS) is 12.2. The van der Waals surface area contributed by atoms with Crippen molar-refractivity contribution in [1.29, 1.82) is 0 Å². The van der Waals surface area contributed by atoms with Gasteiger partial charge in [0.25, 0.3) is 5.91 Å². The maximum absolute atomic E-state index is 13.1. The molecule has 1 unspecified atom stereocenters. The number of esters is 1. The lowest BCUT2D eigenvalue weighted by atomic mass is 10.0. The quantitative estimate of drug-likeness (QED) is 0.764. The highest BCUT2D eigenvalue weighted by molar-refractivity contribution is 5.99. The summed E-state index contributed by atoms with van der Waals surface area (Å²) in [5.74, 6) is -2.44. The first-order chi connectivity index (χ1) is 11.6. The van der Waals surface area contributed by atoms with Crippen molar-refractivity contribution in [2.24, 2.45) is 0 Å². The Bertz CT molecular complexity index is 659. The van der Waals surface area contributed by atoms with Crippen LogP contribution in [-0.4, -0.2) is 36.6 Å². The van der Waals surface area contributed by atoms with E-state index >= 15 is 0 Å². The van der Waals surface area contributed by atoms with E-state index in [0.29, 0.717) is 11.3 Å². The summed E-state index contributed by atoms with van der Waals surface area (Å²) < 4.78 is 43.7.